The predicted molar refractivity (Wildman–Crippen MR) is 79.6 cm³/mol. The zero-order valence-electron chi connectivity index (χ0n) is 12.6. The fourth-order valence-corrected chi connectivity index (χ4v) is 3.61. The molecule has 1 N–H and O–H groups in total. The molecule has 1 unspecified atom stereocenters. The van der Waals surface area contributed by atoms with Crippen LogP contribution in [-0.2, 0) is 19.3 Å². The molecule has 21 heavy (non-hydrogen) atoms. The smallest absolute Gasteiger partial charge is 0.163 e. The summed E-state index contributed by atoms with van der Waals surface area (Å²) in [5.41, 5.74) is 1.54. The molecule has 1 heterocycles. The summed E-state index contributed by atoms with van der Waals surface area (Å²) >= 11 is 0. The van der Waals surface area contributed by atoms with Gasteiger partial charge >= 0.3 is 0 Å². The second-order valence-electron chi connectivity index (χ2n) is 5.61. The minimum atomic E-state index is -3.32. The van der Waals surface area contributed by atoms with E-state index >= 15 is 0 Å². The molecule has 6 heteroatoms. The summed E-state index contributed by atoms with van der Waals surface area (Å²) in [6.07, 6.45) is -0.149. The van der Waals surface area contributed by atoms with Crippen molar-refractivity contribution >= 4 is 9.84 Å². The van der Waals surface area contributed by atoms with Gasteiger partial charge in [0.2, 0.25) is 0 Å². The molecular weight excluding hydrogens is 292 g/mol. The van der Waals surface area contributed by atoms with Crippen LogP contribution in [0, 0.1) is 0 Å². The molecule has 0 spiro atoms. The van der Waals surface area contributed by atoms with Crippen molar-refractivity contribution in [2.75, 3.05) is 19.0 Å². The lowest BCUT2D eigenvalue weighted by atomic mass is 10.1. The van der Waals surface area contributed by atoms with Gasteiger partial charge in [-0.2, -0.15) is 0 Å². The highest BCUT2D eigenvalue weighted by molar-refractivity contribution is 7.91. The van der Waals surface area contributed by atoms with E-state index in [1.54, 1.807) is 19.1 Å². The van der Waals surface area contributed by atoms with Crippen LogP contribution >= 0.6 is 0 Å². The molecule has 0 saturated carbocycles. The Morgan fingerprint density at radius 1 is 1.33 bits per heavy atom. The molecule has 5 nitrogen and oxygen atoms in total. The van der Waals surface area contributed by atoms with Gasteiger partial charge < -0.3 is 14.6 Å². The van der Waals surface area contributed by atoms with Gasteiger partial charge in [0, 0.05) is 5.75 Å². The number of hydrogen-bond acceptors (Lipinski definition) is 5. The Bertz CT molecular complexity index is 577. The molecule has 1 aliphatic heterocycles. The summed E-state index contributed by atoms with van der Waals surface area (Å²) in [5, 5.41) is 8.50. The first-order valence-corrected chi connectivity index (χ1v) is 8.74. The third-order valence-corrected chi connectivity index (χ3v) is 5.78. The van der Waals surface area contributed by atoms with Crippen LogP contribution in [0.4, 0.5) is 0 Å². The van der Waals surface area contributed by atoms with Gasteiger partial charge in [-0.3, -0.25) is 0 Å². The van der Waals surface area contributed by atoms with E-state index in [0.717, 1.165) is 5.56 Å². The predicted octanol–water partition coefficient (Wildman–Crippen LogP) is 1.98. The lowest BCUT2D eigenvalue weighted by molar-refractivity contribution is -0.139. The third-order valence-electron chi connectivity index (χ3n) is 3.69. The van der Waals surface area contributed by atoms with Crippen molar-refractivity contribution in [3.8, 4) is 0 Å². The van der Waals surface area contributed by atoms with Crippen molar-refractivity contribution in [2.45, 2.75) is 37.9 Å². The molecule has 1 aromatic carbocycles. The van der Waals surface area contributed by atoms with Gasteiger partial charge in [0.25, 0.3) is 0 Å². The molecule has 118 valence electrons. The summed E-state index contributed by atoms with van der Waals surface area (Å²) in [5.74, 6) is -0.587. The monoisotopic (exact) mass is 314 g/mol. The second-order valence-corrected chi connectivity index (χ2v) is 8.08. The largest absolute Gasteiger partial charge is 0.395 e. The Balaban J connectivity index is 2.19. The van der Waals surface area contributed by atoms with E-state index in [1.807, 2.05) is 26.0 Å². The van der Waals surface area contributed by atoms with E-state index in [2.05, 4.69) is 0 Å². The fraction of sp³-hybridized carbons (Fsp3) is 0.600. The van der Waals surface area contributed by atoms with Crippen molar-refractivity contribution in [3.05, 3.63) is 35.4 Å². The Kier molecular flexibility index (Phi) is 4.72. The molecule has 1 aromatic rings. The van der Waals surface area contributed by atoms with Crippen LogP contribution < -0.4 is 0 Å². The van der Waals surface area contributed by atoms with E-state index in [1.165, 1.54) is 0 Å². The molecule has 0 aromatic heterocycles. The minimum absolute atomic E-state index is 0.00768. The number of aliphatic hydroxyl groups is 1. The molecule has 0 amide bonds. The number of benzene rings is 1. The van der Waals surface area contributed by atoms with Crippen molar-refractivity contribution < 1.29 is 23.0 Å². The van der Waals surface area contributed by atoms with Gasteiger partial charge in [-0.05, 0) is 25.0 Å². The van der Waals surface area contributed by atoms with Crippen LogP contribution in [0.15, 0.2) is 24.3 Å². The van der Waals surface area contributed by atoms with E-state index in [4.69, 9.17) is 9.47 Å². The van der Waals surface area contributed by atoms with Gasteiger partial charge in [-0.25, -0.2) is 8.42 Å². The standard InChI is InChI=1S/C15H22O5S/c1-4-21(17,18)14(9-16)12-7-5-11(6-8-12)13-10-19-15(2,3)20-13/h5-8,13-14,16H,4,9-10H2,1-3H3/t13?,14-/m1/s1. The summed E-state index contributed by atoms with van der Waals surface area (Å²) in [6, 6.07) is 7.13. The van der Waals surface area contributed by atoms with Crippen molar-refractivity contribution in [1.82, 2.24) is 0 Å². The molecule has 1 saturated heterocycles. The van der Waals surface area contributed by atoms with Crippen LogP contribution in [0.1, 0.15) is 43.3 Å². The van der Waals surface area contributed by atoms with Crippen molar-refractivity contribution in [3.63, 3.8) is 0 Å². The van der Waals surface area contributed by atoms with Gasteiger partial charge in [0.05, 0.1) is 13.2 Å². The van der Waals surface area contributed by atoms with Gasteiger partial charge in [0.1, 0.15) is 11.4 Å². The maximum Gasteiger partial charge on any atom is 0.163 e. The lowest BCUT2D eigenvalue weighted by Gasteiger charge is -2.18. The second kappa shape index (κ2) is 6.04. The highest BCUT2D eigenvalue weighted by Crippen LogP contribution is 2.33. The van der Waals surface area contributed by atoms with Gasteiger partial charge in [-0.1, -0.05) is 31.2 Å². The SMILES string of the molecule is CCS(=O)(=O)[C@H](CO)c1ccc(C2COC(C)(C)O2)cc1. The van der Waals surface area contributed by atoms with Crippen LogP contribution in [0.3, 0.4) is 0 Å². The highest BCUT2D eigenvalue weighted by Gasteiger charge is 2.33. The van der Waals surface area contributed by atoms with Crippen molar-refractivity contribution in [2.24, 2.45) is 0 Å². The summed E-state index contributed by atoms with van der Waals surface area (Å²) in [7, 11) is -3.32. The van der Waals surface area contributed by atoms with Crippen LogP contribution in [0.25, 0.3) is 0 Å². The summed E-state index contributed by atoms with van der Waals surface area (Å²) in [6.45, 7) is 5.36. The minimum Gasteiger partial charge on any atom is -0.395 e. The number of rotatable bonds is 5. The summed E-state index contributed by atoms with van der Waals surface area (Å²) in [4.78, 5) is 0. The Hall–Kier alpha value is -0.950. The van der Waals surface area contributed by atoms with Crippen LogP contribution in [0.2, 0.25) is 0 Å². The van der Waals surface area contributed by atoms with E-state index < -0.39 is 27.5 Å². The molecule has 2 atom stereocenters. The number of ether oxygens (including phenoxy) is 2. The molecule has 2 rings (SSSR count). The first-order chi connectivity index (χ1) is 9.79. The molecular formula is C15H22O5S. The number of sulfone groups is 1. The zero-order valence-corrected chi connectivity index (χ0v) is 13.4. The molecule has 0 aliphatic carbocycles. The number of hydrogen-bond donors (Lipinski definition) is 1. The van der Waals surface area contributed by atoms with Crippen LogP contribution in [-0.4, -0.2) is 38.3 Å². The molecule has 0 bridgehead atoms. The highest BCUT2D eigenvalue weighted by atomic mass is 32.2. The Labute approximate surface area is 125 Å². The maximum absolute atomic E-state index is 12.0. The van der Waals surface area contributed by atoms with Gasteiger partial charge in [-0.15, -0.1) is 0 Å². The normalized spacial score (nSPS) is 23.1. The fourth-order valence-electron chi connectivity index (χ4n) is 2.40. The number of aliphatic hydroxyl groups excluding tert-OH is 1. The van der Waals surface area contributed by atoms with Crippen molar-refractivity contribution in [1.29, 1.82) is 0 Å². The summed E-state index contributed by atoms with van der Waals surface area (Å²) < 4.78 is 35.2. The lowest BCUT2D eigenvalue weighted by Crippen LogP contribution is -2.20. The quantitative estimate of drug-likeness (QED) is 0.899. The average molecular weight is 314 g/mol. The van der Waals surface area contributed by atoms with Crippen LogP contribution in [0.5, 0.6) is 0 Å². The molecule has 0 radical (unpaired) electrons. The molecule has 1 aliphatic rings. The van der Waals surface area contributed by atoms with E-state index in [0.29, 0.717) is 12.2 Å². The maximum atomic E-state index is 12.0. The topological polar surface area (TPSA) is 72.8 Å². The first kappa shape index (κ1) is 16.4. The van der Waals surface area contributed by atoms with E-state index in [9.17, 15) is 13.5 Å². The molecule has 1 fully saturated rings. The zero-order chi connectivity index (χ0) is 15.7. The average Bonchev–Trinajstić information content (AvgIpc) is 2.80. The van der Waals surface area contributed by atoms with E-state index in [-0.39, 0.29) is 11.9 Å². The Morgan fingerprint density at radius 2 is 1.95 bits per heavy atom. The third kappa shape index (κ3) is 3.63. The first-order valence-electron chi connectivity index (χ1n) is 7.03. The Morgan fingerprint density at radius 3 is 2.38 bits per heavy atom. The van der Waals surface area contributed by atoms with Gasteiger partial charge in [0.15, 0.2) is 15.6 Å².